The van der Waals surface area contributed by atoms with Gasteiger partial charge in [0.1, 0.15) is 11.4 Å². The van der Waals surface area contributed by atoms with Gasteiger partial charge in [-0.1, -0.05) is 17.7 Å². The molecule has 0 saturated carbocycles. The molecule has 34 heavy (non-hydrogen) atoms. The van der Waals surface area contributed by atoms with Gasteiger partial charge < -0.3 is 19.0 Å². The molecule has 0 amide bonds. The lowest BCUT2D eigenvalue weighted by Gasteiger charge is -2.31. The summed E-state index contributed by atoms with van der Waals surface area (Å²) in [4.78, 5) is 9.85. The number of halogens is 1. The number of nitrogens with zero attached hydrogens (tertiary/aromatic N) is 4. The largest absolute Gasteiger partial charge is 0.495 e. The van der Waals surface area contributed by atoms with Crippen molar-refractivity contribution in [3.05, 3.63) is 58.9 Å². The van der Waals surface area contributed by atoms with Gasteiger partial charge >= 0.3 is 0 Å². The molecule has 1 aromatic carbocycles. The van der Waals surface area contributed by atoms with Gasteiger partial charge in [0.25, 0.3) is 0 Å². The lowest BCUT2D eigenvalue weighted by atomic mass is 10.0. The van der Waals surface area contributed by atoms with Crippen LogP contribution in [0.1, 0.15) is 17.5 Å². The van der Waals surface area contributed by atoms with Crippen molar-refractivity contribution >= 4 is 22.8 Å². The summed E-state index contributed by atoms with van der Waals surface area (Å²) in [5, 5.41) is 10.4. The van der Waals surface area contributed by atoms with E-state index in [1.807, 2.05) is 16.7 Å². The number of pyridine rings is 1. The van der Waals surface area contributed by atoms with Crippen LogP contribution in [0.2, 0.25) is 5.02 Å². The molecule has 1 saturated heterocycles. The number of hydrogen-bond donors (Lipinski definition) is 1. The number of rotatable bonds is 7. The molecular formula is C26H31ClN4O3. The van der Waals surface area contributed by atoms with Crippen molar-refractivity contribution in [1.82, 2.24) is 19.2 Å². The Kier molecular flexibility index (Phi) is 7.18. The average Bonchev–Trinajstić information content (AvgIpc) is 3.31. The molecule has 2 aromatic heterocycles. The van der Waals surface area contributed by atoms with Crippen LogP contribution in [0.4, 0.5) is 0 Å². The highest BCUT2D eigenvalue weighted by atomic mass is 35.5. The Balaban J connectivity index is 1.31. The summed E-state index contributed by atoms with van der Waals surface area (Å²) in [5.41, 5.74) is 5.78. The van der Waals surface area contributed by atoms with Crippen molar-refractivity contribution in [2.75, 3.05) is 59.6 Å². The van der Waals surface area contributed by atoms with Crippen LogP contribution in [0.5, 0.6) is 5.75 Å². The van der Waals surface area contributed by atoms with Gasteiger partial charge in [0.15, 0.2) is 0 Å². The maximum Gasteiger partial charge on any atom is 0.138 e. The Labute approximate surface area is 205 Å². The normalized spacial score (nSPS) is 17.8. The van der Waals surface area contributed by atoms with Gasteiger partial charge in [-0.05, 0) is 47.4 Å². The third kappa shape index (κ3) is 4.99. The van der Waals surface area contributed by atoms with Gasteiger partial charge in [0, 0.05) is 57.2 Å². The van der Waals surface area contributed by atoms with E-state index in [1.54, 1.807) is 13.2 Å². The molecule has 0 bridgehead atoms. The van der Waals surface area contributed by atoms with Crippen molar-refractivity contribution < 1.29 is 14.6 Å². The molecule has 0 aliphatic carbocycles. The molecule has 2 aliphatic rings. The number of ether oxygens (including phenoxy) is 2. The first kappa shape index (κ1) is 23.3. The topological polar surface area (TPSA) is 62.5 Å². The Morgan fingerprint density at radius 1 is 1.12 bits per heavy atom. The number of imidazole rings is 1. The van der Waals surface area contributed by atoms with Gasteiger partial charge in [-0.25, -0.2) is 4.98 Å². The first-order chi connectivity index (χ1) is 16.6. The monoisotopic (exact) mass is 482 g/mol. The predicted molar refractivity (Wildman–Crippen MR) is 134 cm³/mol. The molecule has 1 N–H and O–H groups in total. The van der Waals surface area contributed by atoms with Gasteiger partial charge in [0.05, 0.1) is 37.6 Å². The summed E-state index contributed by atoms with van der Waals surface area (Å²) in [6.07, 6.45) is 7.41. The zero-order valence-corrected chi connectivity index (χ0v) is 20.3. The van der Waals surface area contributed by atoms with Crippen LogP contribution in [-0.2, 0) is 11.3 Å². The SMILES string of the molecule is COc1cc(CO)c(-c2cn3ccc(C4=CCN(CCN5CCOCC5)CC4)cc3n2)cc1Cl. The van der Waals surface area contributed by atoms with Gasteiger partial charge in [0.2, 0.25) is 0 Å². The first-order valence-electron chi connectivity index (χ1n) is 11.8. The number of morpholine rings is 1. The lowest BCUT2D eigenvalue weighted by Crippen LogP contribution is -2.42. The molecule has 0 radical (unpaired) electrons. The number of aromatic nitrogens is 2. The Morgan fingerprint density at radius 3 is 2.68 bits per heavy atom. The molecule has 0 atom stereocenters. The third-order valence-electron chi connectivity index (χ3n) is 6.78. The van der Waals surface area contributed by atoms with Crippen molar-refractivity contribution in [2.24, 2.45) is 0 Å². The summed E-state index contributed by atoms with van der Waals surface area (Å²) in [7, 11) is 1.57. The second kappa shape index (κ2) is 10.5. The molecule has 1 fully saturated rings. The molecule has 180 valence electrons. The average molecular weight is 483 g/mol. The van der Waals surface area contributed by atoms with Crippen molar-refractivity contribution in [3.63, 3.8) is 0 Å². The number of aliphatic hydroxyl groups excluding tert-OH is 1. The third-order valence-corrected chi connectivity index (χ3v) is 7.08. The number of benzene rings is 1. The first-order valence-corrected chi connectivity index (χ1v) is 12.2. The summed E-state index contributed by atoms with van der Waals surface area (Å²) in [6, 6.07) is 7.87. The summed E-state index contributed by atoms with van der Waals surface area (Å²) in [6.45, 7) is 7.96. The molecule has 0 spiro atoms. The van der Waals surface area contributed by atoms with E-state index in [4.69, 9.17) is 26.1 Å². The zero-order valence-electron chi connectivity index (χ0n) is 19.5. The molecule has 2 aliphatic heterocycles. The highest BCUT2D eigenvalue weighted by Crippen LogP contribution is 2.34. The van der Waals surface area contributed by atoms with Crippen molar-refractivity contribution in [3.8, 4) is 17.0 Å². The van der Waals surface area contributed by atoms with Crippen molar-refractivity contribution in [1.29, 1.82) is 0 Å². The zero-order chi connectivity index (χ0) is 23.5. The maximum absolute atomic E-state index is 9.86. The van der Waals surface area contributed by atoms with Gasteiger partial charge in [-0.3, -0.25) is 9.80 Å². The van der Waals surface area contributed by atoms with E-state index >= 15 is 0 Å². The second-order valence-corrected chi connectivity index (χ2v) is 9.25. The van der Waals surface area contributed by atoms with Crippen LogP contribution in [0.3, 0.4) is 0 Å². The van der Waals surface area contributed by atoms with E-state index < -0.39 is 0 Å². The lowest BCUT2D eigenvalue weighted by molar-refractivity contribution is 0.0338. The van der Waals surface area contributed by atoms with Gasteiger partial charge in [-0.15, -0.1) is 0 Å². The number of hydrogen-bond acceptors (Lipinski definition) is 6. The molecule has 3 aromatic rings. The van der Waals surface area contributed by atoms with E-state index in [2.05, 4.69) is 34.2 Å². The Bertz CT molecular complexity index is 1190. The summed E-state index contributed by atoms with van der Waals surface area (Å²) < 4.78 is 12.7. The van der Waals surface area contributed by atoms with E-state index in [-0.39, 0.29) is 6.61 Å². The molecule has 8 heteroatoms. The molecule has 4 heterocycles. The highest BCUT2D eigenvalue weighted by molar-refractivity contribution is 6.32. The summed E-state index contributed by atoms with van der Waals surface area (Å²) in [5.74, 6) is 0.545. The van der Waals surface area contributed by atoms with E-state index in [0.717, 1.165) is 81.4 Å². The van der Waals surface area contributed by atoms with E-state index in [1.165, 1.54) is 11.1 Å². The predicted octanol–water partition coefficient (Wildman–Crippen LogP) is 3.58. The number of aliphatic hydroxyl groups is 1. The number of fused-ring (bicyclic) bond motifs is 1. The van der Waals surface area contributed by atoms with Crippen LogP contribution in [0.15, 0.2) is 42.7 Å². The maximum atomic E-state index is 9.86. The molecule has 7 nitrogen and oxygen atoms in total. The molecular weight excluding hydrogens is 452 g/mol. The minimum absolute atomic E-state index is 0.114. The fourth-order valence-corrected chi connectivity index (χ4v) is 4.96. The van der Waals surface area contributed by atoms with Crippen LogP contribution in [-0.4, -0.2) is 83.9 Å². The minimum atomic E-state index is -0.114. The Morgan fingerprint density at radius 2 is 1.94 bits per heavy atom. The molecule has 5 rings (SSSR count). The van der Waals surface area contributed by atoms with Crippen LogP contribution in [0.25, 0.3) is 22.5 Å². The molecule has 0 unspecified atom stereocenters. The van der Waals surface area contributed by atoms with E-state index in [0.29, 0.717) is 10.8 Å². The van der Waals surface area contributed by atoms with Gasteiger partial charge in [-0.2, -0.15) is 0 Å². The standard InChI is InChI=1S/C26H31ClN4O3/c1-33-25-14-21(18-32)22(16-23(25)27)24-17-31-7-4-20(15-26(31)28-24)19-2-5-29(6-3-19)8-9-30-10-12-34-13-11-30/h2,4,7,14-17,32H,3,5-6,8-13,18H2,1H3. The Hall–Kier alpha value is -2.42. The van der Waals surface area contributed by atoms with Crippen LogP contribution < -0.4 is 4.74 Å². The fourth-order valence-electron chi connectivity index (χ4n) is 4.72. The highest BCUT2D eigenvalue weighted by Gasteiger charge is 2.17. The second-order valence-electron chi connectivity index (χ2n) is 8.84. The van der Waals surface area contributed by atoms with Crippen molar-refractivity contribution in [2.45, 2.75) is 13.0 Å². The number of methoxy groups -OCH3 is 1. The smallest absolute Gasteiger partial charge is 0.138 e. The quantitative estimate of drug-likeness (QED) is 0.555. The van der Waals surface area contributed by atoms with Crippen LogP contribution in [0, 0.1) is 0 Å². The minimum Gasteiger partial charge on any atom is -0.495 e. The van der Waals surface area contributed by atoms with Crippen LogP contribution >= 0.6 is 11.6 Å². The van der Waals surface area contributed by atoms with E-state index in [9.17, 15) is 5.11 Å². The summed E-state index contributed by atoms with van der Waals surface area (Å²) >= 11 is 6.35. The fraction of sp³-hybridized carbons (Fsp3) is 0.423.